The van der Waals surface area contributed by atoms with Gasteiger partial charge in [0.2, 0.25) is 5.91 Å². The van der Waals surface area contributed by atoms with Gasteiger partial charge in [-0.3, -0.25) is 9.59 Å². The first-order valence-electron chi connectivity index (χ1n) is 8.45. The van der Waals surface area contributed by atoms with Gasteiger partial charge in [-0.15, -0.1) is 0 Å². The van der Waals surface area contributed by atoms with Crippen LogP contribution in [0.1, 0.15) is 10.5 Å². The Bertz CT molecular complexity index is 760. The molecule has 0 spiro atoms. The van der Waals surface area contributed by atoms with Crippen molar-refractivity contribution in [1.82, 2.24) is 20.5 Å². The number of nitrogens with one attached hydrogen (secondary N) is 2. The summed E-state index contributed by atoms with van der Waals surface area (Å²) in [7, 11) is 0. The van der Waals surface area contributed by atoms with Crippen molar-refractivity contribution in [2.75, 3.05) is 32.8 Å². The molecule has 29 heavy (non-hydrogen) atoms. The number of morpholine rings is 1. The zero-order chi connectivity index (χ0) is 21.6. The highest BCUT2D eigenvalue weighted by molar-refractivity contribution is 5.96. The third-order valence-electron chi connectivity index (χ3n) is 4.16. The molecule has 0 radical (unpaired) electrons. The van der Waals surface area contributed by atoms with Crippen LogP contribution < -0.4 is 10.6 Å². The van der Waals surface area contributed by atoms with Gasteiger partial charge in [0.1, 0.15) is 5.75 Å². The zero-order valence-corrected chi connectivity index (χ0v) is 15.0. The molecule has 3 heterocycles. The zero-order valence-electron chi connectivity index (χ0n) is 15.0. The Balaban J connectivity index is 0.000000370. The lowest BCUT2D eigenvalue weighted by atomic mass is 10.1. The molecule has 3 rings (SSSR count). The minimum atomic E-state index is -5.08. The molecule has 0 aromatic carbocycles. The number of pyridine rings is 1. The second-order valence-corrected chi connectivity index (χ2v) is 6.08. The predicted molar refractivity (Wildman–Crippen MR) is 90.0 cm³/mol. The van der Waals surface area contributed by atoms with E-state index in [0.717, 1.165) is 6.54 Å². The Morgan fingerprint density at radius 1 is 1.34 bits per heavy atom. The molecule has 2 fully saturated rings. The molecule has 1 aromatic heterocycles. The monoisotopic (exact) mass is 420 g/mol. The Labute approximate surface area is 162 Å². The molecule has 0 bridgehead atoms. The number of aliphatic carboxylic acids is 1. The molecule has 10 nitrogen and oxygen atoms in total. The summed E-state index contributed by atoms with van der Waals surface area (Å²) < 4.78 is 37.3. The van der Waals surface area contributed by atoms with Crippen molar-refractivity contribution in [2.24, 2.45) is 0 Å². The van der Waals surface area contributed by atoms with Crippen LogP contribution in [0.2, 0.25) is 0 Å². The summed E-state index contributed by atoms with van der Waals surface area (Å²) in [4.78, 5) is 38.7. The fourth-order valence-corrected chi connectivity index (χ4v) is 2.81. The maximum absolute atomic E-state index is 12.3. The van der Waals surface area contributed by atoms with Gasteiger partial charge < -0.3 is 30.5 Å². The van der Waals surface area contributed by atoms with Crippen LogP contribution in [-0.4, -0.2) is 89.0 Å². The lowest BCUT2D eigenvalue weighted by Gasteiger charge is -2.37. The second-order valence-electron chi connectivity index (χ2n) is 6.08. The highest BCUT2D eigenvalue weighted by Gasteiger charge is 2.39. The average Bonchev–Trinajstić information content (AvgIpc) is 3.14. The smallest absolute Gasteiger partial charge is 0.490 e. The number of rotatable bonds is 3. The molecule has 4 N–H and O–H groups in total. The van der Waals surface area contributed by atoms with Gasteiger partial charge in [-0.2, -0.15) is 13.2 Å². The number of ether oxygens (including phenoxy) is 1. The number of halogens is 3. The van der Waals surface area contributed by atoms with Crippen molar-refractivity contribution in [2.45, 2.75) is 18.3 Å². The molecule has 13 heteroatoms. The number of alkyl halides is 3. The maximum atomic E-state index is 12.3. The number of carboxylic acid groups (broad SMARTS) is 1. The van der Waals surface area contributed by atoms with Gasteiger partial charge >= 0.3 is 12.1 Å². The third-order valence-corrected chi connectivity index (χ3v) is 4.16. The second kappa shape index (κ2) is 9.52. The van der Waals surface area contributed by atoms with Gasteiger partial charge in [0.05, 0.1) is 25.3 Å². The number of fused-ring (bicyclic) bond motifs is 1. The van der Waals surface area contributed by atoms with E-state index in [-0.39, 0.29) is 36.0 Å². The number of hydrogen-bond acceptors (Lipinski definition) is 7. The SMILES string of the molecule is O=C(NCC(=O)N1CCO[C@@H]2CNC[C@@H]21)c1ncccc1O.O=C(O)C(F)(F)F. The lowest BCUT2D eigenvalue weighted by Crippen LogP contribution is -2.55. The fraction of sp³-hybridized carbons (Fsp3) is 0.500. The van der Waals surface area contributed by atoms with Crippen molar-refractivity contribution in [3.05, 3.63) is 24.0 Å². The van der Waals surface area contributed by atoms with Crippen LogP contribution in [0.25, 0.3) is 0 Å². The maximum Gasteiger partial charge on any atom is 0.490 e. The molecule has 2 atom stereocenters. The summed E-state index contributed by atoms with van der Waals surface area (Å²) in [6, 6.07) is 2.92. The number of nitrogens with zero attached hydrogens (tertiary/aromatic N) is 2. The molecular formula is C16H19F3N4O6. The quantitative estimate of drug-likeness (QED) is 0.506. The molecular weight excluding hydrogens is 401 g/mol. The molecule has 2 saturated heterocycles. The minimum absolute atomic E-state index is 0.0152. The molecule has 0 saturated carbocycles. The van der Waals surface area contributed by atoms with Crippen LogP contribution in [0, 0.1) is 0 Å². The van der Waals surface area contributed by atoms with Gasteiger partial charge in [-0.1, -0.05) is 0 Å². The van der Waals surface area contributed by atoms with Crippen molar-refractivity contribution < 1.29 is 42.5 Å². The summed E-state index contributed by atoms with van der Waals surface area (Å²) in [5.74, 6) is -3.70. The van der Waals surface area contributed by atoms with Gasteiger partial charge in [0, 0.05) is 25.8 Å². The third kappa shape index (κ3) is 6.02. The van der Waals surface area contributed by atoms with Crippen molar-refractivity contribution in [3.63, 3.8) is 0 Å². The summed E-state index contributed by atoms with van der Waals surface area (Å²) in [6.07, 6.45) is -3.65. The Kier molecular flexibility index (Phi) is 7.34. The van der Waals surface area contributed by atoms with Crippen LogP contribution >= 0.6 is 0 Å². The molecule has 160 valence electrons. The standard InChI is InChI=1S/C14H18N4O4.C2HF3O2/c19-10-2-1-3-16-13(10)14(21)17-8-12(20)18-4-5-22-11-7-15-6-9(11)18;3-2(4,5)1(6)7/h1-3,9,11,15,19H,4-8H2,(H,17,21);(H,6,7)/t9-,11+;/m0./s1. The summed E-state index contributed by atoms with van der Waals surface area (Å²) in [5, 5.41) is 22.4. The molecule has 1 aromatic rings. The Morgan fingerprint density at radius 2 is 2.03 bits per heavy atom. The van der Waals surface area contributed by atoms with Gasteiger partial charge in [-0.05, 0) is 12.1 Å². The normalized spacial score (nSPS) is 20.9. The summed E-state index contributed by atoms with van der Waals surface area (Å²) in [5.41, 5.74) is -0.0855. The van der Waals surface area contributed by atoms with E-state index in [9.17, 15) is 27.9 Å². The highest BCUT2D eigenvalue weighted by atomic mass is 19.4. The van der Waals surface area contributed by atoms with Crippen LogP contribution in [-0.2, 0) is 14.3 Å². The topological polar surface area (TPSA) is 141 Å². The first-order valence-corrected chi connectivity index (χ1v) is 8.45. The fourth-order valence-electron chi connectivity index (χ4n) is 2.81. The predicted octanol–water partition coefficient (Wildman–Crippen LogP) is -0.650. The van der Waals surface area contributed by atoms with E-state index >= 15 is 0 Å². The highest BCUT2D eigenvalue weighted by Crippen LogP contribution is 2.17. The molecule has 0 aliphatic carbocycles. The van der Waals surface area contributed by atoms with Gasteiger partial charge in [-0.25, -0.2) is 9.78 Å². The molecule has 0 unspecified atom stereocenters. The molecule has 2 amide bonds. The largest absolute Gasteiger partial charge is 0.505 e. The van der Waals surface area contributed by atoms with Crippen molar-refractivity contribution in [3.8, 4) is 5.75 Å². The Morgan fingerprint density at radius 3 is 2.66 bits per heavy atom. The van der Waals surface area contributed by atoms with Crippen LogP contribution in [0.4, 0.5) is 13.2 Å². The number of carboxylic acids is 1. The van der Waals surface area contributed by atoms with E-state index in [1.807, 2.05) is 0 Å². The number of amides is 2. The van der Waals surface area contributed by atoms with Crippen LogP contribution in [0.5, 0.6) is 5.75 Å². The summed E-state index contributed by atoms with van der Waals surface area (Å²) >= 11 is 0. The van der Waals surface area contributed by atoms with Gasteiger partial charge in [0.25, 0.3) is 5.91 Å². The number of carbonyl (C=O) groups excluding carboxylic acids is 2. The average molecular weight is 420 g/mol. The van der Waals surface area contributed by atoms with Crippen molar-refractivity contribution >= 4 is 17.8 Å². The molecule has 2 aliphatic rings. The lowest BCUT2D eigenvalue weighted by molar-refractivity contribution is -0.192. The van der Waals surface area contributed by atoms with Crippen LogP contribution in [0.15, 0.2) is 18.3 Å². The number of aromatic nitrogens is 1. The van der Waals surface area contributed by atoms with E-state index in [4.69, 9.17) is 14.6 Å². The van der Waals surface area contributed by atoms with Gasteiger partial charge in [0.15, 0.2) is 5.69 Å². The first kappa shape index (κ1) is 22.4. The summed E-state index contributed by atoms with van der Waals surface area (Å²) in [6.45, 7) is 2.34. The number of hydrogen-bond donors (Lipinski definition) is 4. The minimum Gasteiger partial charge on any atom is -0.505 e. The van der Waals surface area contributed by atoms with Crippen LogP contribution in [0.3, 0.4) is 0 Å². The van der Waals surface area contributed by atoms with Crippen molar-refractivity contribution in [1.29, 1.82) is 0 Å². The number of aromatic hydroxyl groups is 1. The first-order chi connectivity index (χ1) is 13.6. The van der Waals surface area contributed by atoms with E-state index in [2.05, 4.69) is 15.6 Å². The van der Waals surface area contributed by atoms with E-state index in [1.54, 1.807) is 4.90 Å². The van der Waals surface area contributed by atoms with E-state index in [1.165, 1.54) is 18.3 Å². The van der Waals surface area contributed by atoms with E-state index in [0.29, 0.717) is 19.7 Å². The number of carbonyl (C=O) groups is 3. The molecule has 2 aliphatic heterocycles. The van der Waals surface area contributed by atoms with E-state index < -0.39 is 18.1 Å². The Hall–Kier alpha value is -2.93.